The van der Waals surface area contributed by atoms with E-state index in [9.17, 15) is 14.0 Å². The summed E-state index contributed by atoms with van der Waals surface area (Å²) < 4.78 is 13.0. The van der Waals surface area contributed by atoms with Gasteiger partial charge in [-0.1, -0.05) is 17.7 Å². The minimum Gasteiger partial charge on any atom is -0.332 e. The predicted octanol–water partition coefficient (Wildman–Crippen LogP) is 4.86. The number of halogens is 2. The second kappa shape index (κ2) is 9.27. The highest BCUT2D eigenvalue weighted by atomic mass is 35.5. The molecule has 0 aliphatic heterocycles. The fraction of sp³-hybridized carbons (Fsp3) is 0. The smallest absolute Gasteiger partial charge is 0.257 e. The van der Waals surface area contributed by atoms with E-state index in [1.54, 1.807) is 48.5 Å². The molecule has 0 aromatic heterocycles. The van der Waals surface area contributed by atoms with Crippen LogP contribution in [0.25, 0.3) is 0 Å². The lowest BCUT2D eigenvalue weighted by Gasteiger charge is -2.11. The van der Waals surface area contributed by atoms with Gasteiger partial charge in [-0.25, -0.2) is 4.39 Å². The Kier molecular flexibility index (Phi) is 6.54. The van der Waals surface area contributed by atoms with Gasteiger partial charge in [-0.3, -0.25) is 14.9 Å². The summed E-state index contributed by atoms with van der Waals surface area (Å²) in [6.07, 6.45) is 0. The van der Waals surface area contributed by atoms with E-state index < -0.39 is 0 Å². The second-order valence-electron chi connectivity index (χ2n) is 5.96. The first kappa shape index (κ1) is 20.4. The van der Waals surface area contributed by atoms with Crippen molar-refractivity contribution in [2.24, 2.45) is 0 Å². The first-order chi connectivity index (χ1) is 13.9. The van der Waals surface area contributed by atoms with Gasteiger partial charge in [0.2, 0.25) is 0 Å². The molecule has 3 aromatic rings. The largest absolute Gasteiger partial charge is 0.332 e. The van der Waals surface area contributed by atoms with E-state index in [0.717, 1.165) is 0 Å². The summed E-state index contributed by atoms with van der Waals surface area (Å²) in [5.74, 6) is -1.14. The van der Waals surface area contributed by atoms with Gasteiger partial charge in [-0.15, -0.1) is 0 Å². The zero-order valence-corrected chi connectivity index (χ0v) is 16.5. The maximum atomic E-state index is 13.0. The van der Waals surface area contributed by atoms with Gasteiger partial charge in [0.05, 0.1) is 0 Å². The van der Waals surface area contributed by atoms with Crippen LogP contribution in [0.1, 0.15) is 20.7 Å². The zero-order chi connectivity index (χ0) is 20.8. The molecular weight excluding hydrogens is 413 g/mol. The van der Waals surface area contributed by atoms with Crippen molar-refractivity contribution in [3.8, 4) is 0 Å². The summed E-state index contributed by atoms with van der Waals surface area (Å²) in [5.41, 5.74) is 1.77. The number of carbonyl (C=O) groups is 2. The van der Waals surface area contributed by atoms with Crippen LogP contribution < -0.4 is 16.0 Å². The summed E-state index contributed by atoms with van der Waals surface area (Å²) in [6.45, 7) is 0. The molecule has 0 saturated heterocycles. The highest BCUT2D eigenvalue weighted by molar-refractivity contribution is 7.80. The van der Waals surface area contributed by atoms with Crippen molar-refractivity contribution in [2.45, 2.75) is 0 Å². The Morgan fingerprint density at radius 1 is 0.793 bits per heavy atom. The van der Waals surface area contributed by atoms with Crippen LogP contribution in [0.3, 0.4) is 0 Å². The first-order valence-electron chi connectivity index (χ1n) is 8.45. The molecule has 0 fully saturated rings. The van der Waals surface area contributed by atoms with Gasteiger partial charge in [-0.05, 0) is 78.9 Å². The van der Waals surface area contributed by atoms with Gasteiger partial charge < -0.3 is 10.6 Å². The first-order valence-corrected chi connectivity index (χ1v) is 9.24. The Labute approximate surface area is 176 Å². The molecule has 3 N–H and O–H groups in total. The van der Waals surface area contributed by atoms with Crippen molar-refractivity contribution in [1.29, 1.82) is 0 Å². The van der Waals surface area contributed by atoms with Gasteiger partial charge in [0.25, 0.3) is 11.8 Å². The van der Waals surface area contributed by atoms with Crippen LogP contribution in [0.5, 0.6) is 0 Å². The average molecular weight is 428 g/mol. The predicted molar refractivity (Wildman–Crippen MR) is 116 cm³/mol. The standard InChI is InChI=1S/C21H15ClFN3O2S/c22-15-6-4-13(5-7-15)19(27)26-21(29)25-18-3-1-2-14(12-18)20(28)24-17-10-8-16(23)9-11-17/h1-12H,(H,24,28)(H2,25,26,27,29). The van der Waals surface area contributed by atoms with Crippen LogP contribution in [-0.4, -0.2) is 16.9 Å². The molecule has 0 radical (unpaired) electrons. The number of hydrogen-bond donors (Lipinski definition) is 3. The quantitative estimate of drug-likeness (QED) is 0.520. The number of hydrogen-bond acceptors (Lipinski definition) is 3. The van der Waals surface area contributed by atoms with Gasteiger partial charge in [0.15, 0.2) is 5.11 Å². The Morgan fingerprint density at radius 3 is 2.17 bits per heavy atom. The molecule has 0 spiro atoms. The number of amides is 2. The van der Waals surface area contributed by atoms with Crippen LogP contribution in [0.15, 0.2) is 72.8 Å². The van der Waals surface area contributed by atoms with Gasteiger partial charge in [0, 0.05) is 27.5 Å². The summed E-state index contributed by atoms with van der Waals surface area (Å²) in [5, 5.41) is 8.71. The van der Waals surface area contributed by atoms with E-state index in [2.05, 4.69) is 16.0 Å². The highest BCUT2D eigenvalue weighted by Crippen LogP contribution is 2.15. The number of carbonyl (C=O) groups excluding carboxylic acids is 2. The minimum absolute atomic E-state index is 0.0843. The van der Waals surface area contributed by atoms with Crippen LogP contribution in [0.4, 0.5) is 15.8 Å². The Morgan fingerprint density at radius 2 is 1.48 bits per heavy atom. The molecule has 0 bridgehead atoms. The molecule has 29 heavy (non-hydrogen) atoms. The number of nitrogens with one attached hydrogen (secondary N) is 3. The minimum atomic E-state index is -0.386. The van der Waals surface area contributed by atoms with Crippen molar-refractivity contribution in [3.63, 3.8) is 0 Å². The number of rotatable bonds is 4. The second-order valence-corrected chi connectivity index (χ2v) is 6.80. The van der Waals surface area contributed by atoms with Crippen molar-refractivity contribution in [3.05, 3.63) is 94.8 Å². The van der Waals surface area contributed by atoms with E-state index in [4.69, 9.17) is 23.8 Å². The third-order valence-electron chi connectivity index (χ3n) is 3.82. The topological polar surface area (TPSA) is 70.2 Å². The van der Waals surface area contributed by atoms with Crippen molar-refractivity contribution < 1.29 is 14.0 Å². The average Bonchev–Trinajstić information content (AvgIpc) is 2.70. The summed E-state index contributed by atoms with van der Waals surface area (Å²) >= 11 is 11.0. The summed E-state index contributed by atoms with van der Waals surface area (Å²) in [6, 6.07) is 18.4. The Bertz CT molecular complexity index is 1060. The monoisotopic (exact) mass is 427 g/mol. The fourth-order valence-corrected chi connectivity index (χ4v) is 2.75. The SMILES string of the molecule is O=C(NC(=S)Nc1cccc(C(=O)Nc2ccc(F)cc2)c1)c1ccc(Cl)cc1. The normalized spacial score (nSPS) is 10.1. The molecule has 2 amide bonds. The fourth-order valence-electron chi connectivity index (χ4n) is 2.41. The number of thiocarbonyl (C=S) groups is 1. The lowest BCUT2D eigenvalue weighted by atomic mass is 10.2. The molecule has 8 heteroatoms. The third kappa shape index (κ3) is 5.84. The van der Waals surface area contributed by atoms with E-state index in [-0.39, 0.29) is 22.7 Å². The molecule has 0 saturated carbocycles. The third-order valence-corrected chi connectivity index (χ3v) is 4.27. The molecule has 0 aliphatic carbocycles. The maximum Gasteiger partial charge on any atom is 0.257 e. The lowest BCUT2D eigenvalue weighted by Crippen LogP contribution is -2.34. The van der Waals surface area contributed by atoms with Crippen LogP contribution in [0, 0.1) is 5.82 Å². The van der Waals surface area contributed by atoms with Crippen LogP contribution in [0.2, 0.25) is 5.02 Å². The molecule has 3 aromatic carbocycles. The van der Waals surface area contributed by atoms with E-state index in [1.807, 2.05) is 0 Å². The number of benzene rings is 3. The van der Waals surface area contributed by atoms with E-state index in [1.165, 1.54) is 24.3 Å². The Hall–Kier alpha value is -3.29. The molecule has 0 atom stereocenters. The Balaban J connectivity index is 1.62. The molecule has 0 aliphatic rings. The summed E-state index contributed by atoms with van der Waals surface area (Å²) in [4.78, 5) is 24.6. The van der Waals surface area contributed by atoms with Gasteiger partial charge in [0.1, 0.15) is 5.82 Å². The summed E-state index contributed by atoms with van der Waals surface area (Å²) in [7, 11) is 0. The van der Waals surface area contributed by atoms with Crippen LogP contribution in [-0.2, 0) is 0 Å². The van der Waals surface area contributed by atoms with Gasteiger partial charge in [-0.2, -0.15) is 0 Å². The van der Waals surface area contributed by atoms with Crippen molar-refractivity contribution in [2.75, 3.05) is 10.6 Å². The molecule has 0 unspecified atom stereocenters. The highest BCUT2D eigenvalue weighted by Gasteiger charge is 2.10. The maximum absolute atomic E-state index is 13.0. The molecule has 5 nitrogen and oxygen atoms in total. The van der Waals surface area contributed by atoms with E-state index in [0.29, 0.717) is 27.5 Å². The van der Waals surface area contributed by atoms with E-state index >= 15 is 0 Å². The molecular formula is C21H15ClFN3O2S. The number of anilines is 2. The molecule has 146 valence electrons. The van der Waals surface area contributed by atoms with Gasteiger partial charge >= 0.3 is 0 Å². The van der Waals surface area contributed by atoms with Crippen molar-refractivity contribution in [1.82, 2.24) is 5.32 Å². The lowest BCUT2D eigenvalue weighted by molar-refractivity contribution is 0.0976. The molecule has 0 heterocycles. The van der Waals surface area contributed by atoms with Crippen molar-refractivity contribution >= 4 is 52.1 Å². The zero-order valence-electron chi connectivity index (χ0n) is 14.9. The van der Waals surface area contributed by atoms with Crippen LogP contribution >= 0.6 is 23.8 Å². The molecule has 3 rings (SSSR count).